The first-order chi connectivity index (χ1) is 14.3. The van der Waals surface area contributed by atoms with Gasteiger partial charge in [-0.15, -0.1) is 0 Å². The molecule has 0 atom stereocenters. The summed E-state index contributed by atoms with van der Waals surface area (Å²) >= 11 is 0. The summed E-state index contributed by atoms with van der Waals surface area (Å²) < 4.78 is 18.5. The minimum Gasteiger partial charge on any atom is -0.497 e. The third-order valence-corrected chi connectivity index (χ3v) is 4.79. The number of anilines is 1. The first-order valence-electron chi connectivity index (χ1n) is 9.75. The van der Waals surface area contributed by atoms with E-state index in [9.17, 15) is 0 Å². The van der Waals surface area contributed by atoms with Gasteiger partial charge in [0.05, 0.1) is 45.1 Å². The van der Waals surface area contributed by atoms with Gasteiger partial charge in [-0.3, -0.25) is 0 Å². The highest BCUT2D eigenvalue weighted by molar-refractivity contribution is 5.57. The van der Waals surface area contributed by atoms with Gasteiger partial charge in [-0.2, -0.15) is 0 Å². The van der Waals surface area contributed by atoms with Crippen LogP contribution in [-0.4, -0.2) is 59.5 Å². The fourth-order valence-corrected chi connectivity index (χ4v) is 3.24. The Labute approximate surface area is 170 Å². The van der Waals surface area contributed by atoms with Crippen LogP contribution >= 0.6 is 0 Å². The highest BCUT2D eigenvalue weighted by atomic mass is 16.5. The Kier molecular flexibility index (Phi) is 6.21. The predicted octanol–water partition coefficient (Wildman–Crippen LogP) is 2.65. The van der Waals surface area contributed by atoms with Crippen LogP contribution in [0.5, 0.6) is 11.5 Å². The molecule has 1 aromatic carbocycles. The average Bonchev–Trinajstić information content (AvgIpc) is 3.26. The second kappa shape index (κ2) is 9.38. The van der Waals surface area contributed by atoms with Gasteiger partial charge in [0.15, 0.2) is 0 Å². The summed E-state index contributed by atoms with van der Waals surface area (Å²) in [5, 5.41) is 0. The minimum atomic E-state index is 0.608. The first-order valence-corrected chi connectivity index (χ1v) is 9.75. The molecule has 4 rings (SSSR count). The molecule has 3 heterocycles. The molecular formula is C21H25N5O3. The zero-order valence-electron chi connectivity index (χ0n) is 16.5. The predicted molar refractivity (Wildman–Crippen MR) is 109 cm³/mol. The van der Waals surface area contributed by atoms with Crippen LogP contribution in [0.3, 0.4) is 0 Å². The van der Waals surface area contributed by atoms with Gasteiger partial charge in [0.1, 0.15) is 11.5 Å². The van der Waals surface area contributed by atoms with Gasteiger partial charge < -0.3 is 23.7 Å². The van der Waals surface area contributed by atoms with Crippen molar-refractivity contribution in [2.75, 3.05) is 44.9 Å². The molecule has 0 saturated carbocycles. The van der Waals surface area contributed by atoms with Gasteiger partial charge in [-0.25, -0.2) is 15.0 Å². The molecule has 0 spiro atoms. The molecule has 0 bridgehead atoms. The van der Waals surface area contributed by atoms with Gasteiger partial charge >= 0.3 is 0 Å². The van der Waals surface area contributed by atoms with E-state index < -0.39 is 0 Å². The fraction of sp³-hybridized carbons (Fsp3) is 0.381. The maximum absolute atomic E-state index is 5.82. The Bertz CT molecular complexity index is 907. The largest absolute Gasteiger partial charge is 0.497 e. The summed E-state index contributed by atoms with van der Waals surface area (Å²) in [6.07, 6.45) is 8.25. The molecule has 8 heteroatoms. The van der Waals surface area contributed by atoms with Crippen molar-refractivity contribution in [3.8, 4) is 22.8 Å². The molecule has 0 N–H and O–H groups in total. The van der Waals surface area contributed by atoms with E-state index in [1.54, 1.807) is 7.11 Å². The monoisotopic (exact) mass is 395 g/mol. The van der Waals surface area contributed by atoms with Gasteiger partial charge in [-0.05, 0) is 18.6 Å². The lowest BCUT2D eigenvalue weighted by atomic mass is 10.2. The Morgan fingerprint density at radius 1 is 1.07 bits per heavy atom. The summed E-state index contributed by atoms with van der Waals surface area (Å²) in [5.74, 6) is 2.34. The van der Waals surface area contributed by atoms with Crippen LogP contribution in [0.25, 0.3) is 11.3 Å². The Morgan fingerprint density at radius 3 is 2.66 bits per heavy atom. The molecule has 0 radical (unpaired) electrons. The zero-order chi connectivity index (χ0) is 19.9. The smallest absolute Gasteiger partial charge is 0.225 e. The first kappa shape index (κ1) is 19.2. The number of aromatic nitrogens is 4. The maximum Gasteiger partial charge on any atom is 0.225 e. The molecule has 0 aliphatic carbocycles. The molecule has 1 fully saturated rings. The molecule has 3 aromatic rings. The van der Waals surface area contributed by atoms with E-state index in [1.807, 2.05) is 49.2 Å². The summed E-state index contributed by atoms with van der Waals surface area (Å²) in [6.45, 7) is 4.49. The van der Waals surface area contributed by atoms with E-state index in [2.05, 4.69) is 24.4 Å². The number of aryl methyl sites for hydroxylation is 1. The fourth-order valence-electron chi connectivity index (χ4n) is 3.24. The highest BCUT2D eigenvalue weighted by Crippen LogP contribution is 2.21. The van der Waals surface area contributed by atoms with E-state index in [0.29, 0.717) is 6.61 Å². The van der Waals surface area contributed by atoms with Crippen molar-refractivity contribution in [1.82, 2.24) is 19.5 Å². The van der Waals surface area contributed by atoms with Crippen molar-refractivity contribution in [2.24, 2.45) is 0 Å². The molecule has 29 heavy (non-hydrogen) atoms. The van der Waals surface area contributed by atoms with Crippen LogP contribution in [-0.2, 0) is 11.3 Å². The number of nitrogens with zero attached hydrogens (tertiary/aromatic N) is 5. The van der Waals surface area contributed by atoms with Gasteiger partial charge in [0, 0.05) is 43.7 Å². The van der Waals surface area contributed by atoms with E-state index >= 15 is 0 Å². The number of imidazole rings is 1. The standard InChI is InChI=1S/C21H25N5O3/c1-27-18-4-2-5-19(12-18)29-9-3-6-26-16-22-15-20(26)17-13-23-21(24-14-17)25-7-10-28-11-8-25/h2,4-5,12-16H,3,6-11H2,1H3. The average molecular weight is 395 g/mol. The molecule has 1 aliphatic heterocycles. The van der Waals surface area contributed by atoms with Crippen molar-refractivity contribution in [3.63, 3.8) is 0 Å². The molecule has 1 aliphatic rings. The zero-order valence-corrected chi connectivity index (χ0v) is 16.5. The number of methoxy groups -OCH3 is 1. The molecule has 2 aromatic heterocycles. The van der Waals surface area contributed by atoms with E-state index in [4.69, 9.17) is 14.2 Å². The number of ether oxygens (including phenoxy) is 3. The lowest BCUT2D eigenvalue weighted by Crippen LogP contribution is -2.37. The van der Waals surface area contributed by atoms with Crippen molar-refractivity contribution < 1.29 is 14.2 Å². The third-order valence-electron chi connectivity index (χ3n) is 4.79. The number of morpholine rings is 1. The second-order valence-electron chi connectivity index (χ2n) is 6.72. The summed E-state index contributed by atoms with van der Waals surface area (Å²) in [6, 6.07) is 7.63. The SMILES string of the molecule is COc1cccc(OCCCn2cncc2-c2cnc(N3CCOCC3)nc2)c1. The second-order valence-corrected chi connectivity index (χ2v) is 6.72. The molecule has 0 unspecified atom stereocenters. The van der Waals surface area contributed by atoms with Gasteiger partial charge in [-0.1, -0.05) is 6.07 Å². The van der Waals surface area contributed by atoms with Crippen LogP contribution in [0, 0.1) is 0 Å². The quantitative estimate of drug-likeness (QED) is 0.543. The summed E-state index contributed by atoms with van der Waals surface area (Å²) in [5.41, 5.74) is 1.95. The lowest BCUT2D eigenvalue weighted by Gasteiger charge is -2.26. The molecule has 8 nitrogen and oxygen atoms in total. The Balaban J connectivity index is 1.33. The van der Waals surface area contributed by atoms with Crippen molar-refractivity contribution in [1.29, 1.82) is 0 Å². The van der Waals surface area contributed by atoms with Gasteiger partial charge in [0.25, 0.3) is 0 Å². The molecule has 0 amide bonds. The third kappa shape index (κ3) is 4.83. The maximum atomic E-state index is 5.82. The number of hydrogen-bond acceptors (Lipinski definition) is 7. The van der Waals surface area contributed by atoms with Crippen LogP contribution in [0.4, 0.5) is 5.95 Å². The van der Waals surface area contributed by atoms with Crippen LogP contribution in [0.2, 0.25) is 0 Å². The number of hydrogen-bond donors (Lipinski definition) is 0. The van der Waals surface area contributed by atoms with Crippen LogP contribution in [0.15, 0.2) is 49.2 Å². The minimum absolute atomic E-state index is 0.608. The van der Waals surface area contributed by atoms with Crippen molar-refractivity contribution in [3.05, 3.63) is 49.2 Å². The van der Waals surface area contributed by atoms with E-state index in [0.717, 1.165) is 68.0 Å². The lowest BCUT2D eigenvalue weighted by molar-refractivity contribution is 0.122. The van der Waals surface area contributed by atoms with Crippen LogP contribution < -0.4 is 14.4 Å². The molecule has 152 valence electrons. The molecule has 1 saturated heterocycles. The van der Waals surface area contributed by atoms with Crippen LogP contribution in [0.1, 0.15) is 6.42 Å². The topological polar surface area (TPSA) is 74.5 Å². The summed E-state index contributed by atoms with van der Waals surface area (Å²) in [7, 11) is 1.65. The van der Waals surface area contributed by atoms with E-state index in [1.165, 1.54) is 0 Å². The summed E-state index contributed by atoms with van der Waals surface area (Å²) in [4.78, 5) is 15.5. The van der Waals surface area contributed by atoms with Crippen molar-refractivity contribution >= 4 is 5.95 Å². The van der Waals surface area contributed by atoms with E-state index in [-0.39, 0.29) is 0 Å². The van der Waals surface area contributed by atoms with Gasteiger partial charge in [0.2, 0.25) is 5.95 Å². The number of rotatable bonds is 8. The number of benzene rings is 1. The van der Waals surface area contributed by atoms with Crippen molar-refractivity contribution in [2.45, 2.75) is 13.0 Å². The normalized spacial score (nSPS) is 14.0. The highest BCUT2D eigenvalue weighted by Gasteiger charge is 2.14. The molecular weight excluding hydrogens is 370 g/mol. The Hall–Kier alpha value is -3.13. The Morgan fingerprint density at radius 2 is 1.86 bits per heavy atom.